The number of ether oxygens (including phenoxy) is 2. The first kappa shape index (κ1) is 33.6. The molecule has 1 heterocycles. The molecule has 1 aliphatic rings. The Bertz CT molecular complexity index is 1560. The molecule has 0 aliphatic carbocycles. The fourth-order valence-electron chi connectivity index (χ4n) is 4.35. The monoisotopic (exact) mass is 621 g/mol. The number of para-hydroxylation sites is 1. The van der Waals surface area contributed by atoms with Gasteiger partial charge in [-0.15, -0.1) is 0 Å². The van der Waals surface area contributed by atoms with Crippen molar-refractivity contribution >= 4 is 40.3 Å². The average molecular weight is 622 g/mol. The number of halogens is 3. The molecule has 3 aromatic carbocycles. The Hall–Kier alpha value is -4.89. The largest absolute Gasteiger partial charge is 0.496 e. The van der Waals surface area contributed by atoms with E-state index in [1.165, 1.54) is 24.1 Å². The van der Waals surface area contributed by atoms with E-state index in [1.54, 1.807) is 36.4 Å². The molecule has 3 aromatic rings. The van der Waals surface area contributed by atoms with Gasteiger partial charge in [0.05, 0.1) is 24.9 Å². The molecule has 1 aliphatic heterocycles. The van der Waals surface area contributed by atoms with Crippen molar-refractivity contribution in [2.75, 3.05) is 32.2 Å². The van der Waals surface area contributed by atoms with Crippen LogP contribution in [0.3, 0.4) is 0 Å². The normalized spacial score (nSPS) is 15.3. The van der Waals surface area contributed by atoms with Crippen molar-refractivity contribution in [2.24, 2.45) is 0 Å². The second kappa shape index (κ2) is 14.1. The van der Waals surface area contributed by atoms with Crippen molar-refractivity contribution in [1.82, 2.24) is 10.6 Å². The maximum atomic E-state index is 13.9. The smallest absolute Gasteiger partial charge is 0.490 e. The Balaban J connectivity index is 0.000000676. The molecule has 15 heteroatoms. The Morgan fingerprint density at radius 1 is 1.09 bits per heavy atom. The van der Waals surface area contributed by atoms with Crippen molar-refractivity contribution in [2.45, 2.75) is 31.7 Å². The van der Waals surface area contributed by atoms with Gasteiger partial charge in [-0.1, -0.05) is 18.2 Å². The van der Waals surface area contributed by atoms with Gasteiger partial charge in [0.2, 0.25) is 5.91 Å². The summed E-state index contributed by atoms with van der Waals surface area (Å²) in [6.07, 6.45) is -5.08. The molecule has 12 nitrogen and oxygen atoms in total. The molecule has 0 saturated carbocycles. The Morgan fingerprint density at radius 2 is 1.77 bits per heavy atom. The van der Waals surface area contributed by atoms with Crippen LogP contribution in [0.25, 0.3) is 10.8 Å². The zero-order valence-corrected chi connectivity index (χ0v) is 23.8. The second-order valence-electron chi connectivity index (χ2n) is 9.64. The number of methoxy groups -OCH3 is 1. The van der Waals surface area contributed by atoms with Crippen molar-refractivity contribution in [3.63, 3.8) is 0 Å². The minimum absolute atomic E-state index is 0.0439. The summed E-state index contributed by atoms with van der Waals surface area (Å²) in [5, 5.41) is 34.0. The molecule has 44 heavy (non-hydrogen) atoms. The highest BCUT2D eigenvalue weighted by molar-refractivity contribution is 6.03. The highest BCUT2D eigenvalue weighted by Crippen LogP contribution is 2.38. The molecule has 2 atom stereocenters. The Kier molecular flexibility index (Phi) is 10.7. The van der Waals surface area contributed by atoms with E-state index < -0.39 is 30.1 Å². The number of rotatable bonds is 9. The summed E-state index contributed by atoms with van der Waals surface area (Å²) in [5.41, 5.74) is 1.08. The summed E-state index contributed by atoms with van der Waals surface area (Å²) in [4.78, 5) is 47.7. The van der Waals surface area contributed by atoms with E-state index in [0.29, 0.717) is 34.3 Å². The van der Waals surface area contributed by atoms with E-state index >= 15 is 0 Å². The van der Waals surface area contributed by atoms with Crippen LogP contribution >= 0.6 is 0 Å². The lowest BCUT2D eigenvalue weighted by atomic mass is 10.00. The van der Waals surface area contributed by atoms with Gasteiger partial charge in [-0.3, -0.25) is 4.79 Å². The van der Waals surface area contributed by atoms with Gasteiger partial charge in [0.25, 0.3) is 0 Å². The maximum absolute atomic E-state index is 13.9. The number of carbonyl (C=O) groups is 4. The van der Waals surface area contributed by atoms with Crippen LogP contribution < -0.4 is 25.0 Å². The van der Waals surface area contributed by atoms with Crippen molar-refractivity contribution in [3.8, 4) is 11.5 Å². The van der Waals surface area contributed by atoms with E-state index in [2.05, 4.69) is 10.6 Å². The number of aliphatic carboxylic acids is 1. The number of alkyl halides is 3. The third-order valence-corrected chi connectivity index (χ3v) is 6.75. The number of carbonyl (C=O) groups excluding carboxylic acids is 1. The number of hydrogen-bond donors (Lipinski definition) is 5. The van der Waals surface area contributed by atoms with Gasteiger partial charge < -0.3 is 40.3 Å². The molecular weight excluding hydrogens is 591 g/mol. The zero-order valence-electron chi connectivity index (χ0n) is 23.8. The van der Waals surface area contributed by atoms with Crippen LogP contribution in [0.2, 0.25) is 0 Å². The van der Waals surface area contributed by atoms with E-state index in [1.807, 2.05) is 14.0 Å². The number of likely N-dealkylation sites (N-methyl/N-ethyl adjacent to an activating group) is 1. The summed E-state index contributed by atoms with van der Waals surface area (Å²) in [6.45, 7) is 2.46. The number of amides is 1. The van der Waals surface area contributed by atoms with E-state index in [4.69, 9.17) is 19.4 Å². The Labute approximate surface area is 249 Å². The SMILES string of the molecule is CN[C@@H](C)CN[C@H]1COc2c(C(=O)O)cccc2N(Cc2c(OC)ccc3cc(C(=O)O)ccc23)C1=O.O=C(O)C(F)(F)F. The Morgan fingerprint density at radius 3 is 2.34 bits per heavy atom. The summed E-state index contributed by atoms with van der Waals surface area (Å²) < 4.78 is 43.3. The molecular formula is C29H30F3N3O9. The summed E-state index contributed by atoms with van der Waals surface area (Å²) in [6, 6.07) is 12.3. The van der Waals surface area contributed by atoms with Crippen LogP contribution in [0.5, 0.6) is 11.5 Å². The van der Waals surface area contributed by atoms with Crippen LogP contribution in [-0.4, -0.2) is 84.7 Å². The van der Waals surface area contributed by atoms with E-state index in [0.717, 1.165) is 0 Å². The van der Waals surface area contributed by atoms with Crippen LogP contribution in [0.15, 0.2) is 48.5 Å². The number of anilines is 1. The fraction of sp³-hybridized carbons (Fsp3) is 0.310. The zero-order chi connectivity index (χ0) is 32.8. The predicted molar refractivity (Wildman–Crippen MR) is 152 cm³/mol. The van der Waals surface area contributed by atoms with Crippen molar-refractivity contribution < 1.29 is 57.1 Å². The number of hydrogen-bond acceptors (Lipinski definition) is 8. The first-order valence-electron chi connectivity index (χ1n) is 13.0. The standard InChI is InChI=1S/C27H29N3O7.C2HF3O2/c1-15(28-2)12-29-21-14-37-24-19(27(34)35)5-4-6-22(24)30(25(21)31)13-20-18-9-7-17(26(32)33)11-16(18)8-10-23(20)36-3;3-2(4,5)1(6)7/h4-11,15,21,28-29H,12-14H2,1-3H3,(H,32,33)(H,34,35);(H,6,7)/t15-,21-;/m0./s1. The average Bonchev–Trinajstić information content (AvgIpc) is 3.11. The lowest BCUT2D eigenvalue weighted by molar-refractivity contribution is -0.192. The number of fused-ring (bicyclic) bond motifs is 2. The highest BCUT2D eigenvalue weighted by atomic mass is 19.4. The lowest BCUT2D eigenvalue weighted by Crippen LogP contribution is -2.51. The number of nitrogens with zero attached hydrogens (tertiary/aromatic N) is 1. The van der Waals surface area contributed by atoms with Crippen LogP contribution in [-0.2, 0) is 16.1 Å². The fourth-order valence-corrected chi connectivity index (χ4v) is 4.35. The van der Waals surface area contributed by atoms with E-state index in [9.17, 15) is 37.8 Å². The second-order valence-corrected chi connectivity index (χ2v) is 9.64. The molecule has 0 spiro atoms. The number of aromatic carboxylic acids is 2. The van der Waals surface area contributed by atoms with Crippen molar-refractivity contribution in [1.29, 1.82) is 0 Å². The third-order valence-electron chi connectivity index (χ3n) is 6.75. The summed E-state index contributed by atoms with van der Waals surface area (Å²) >= 11 is 0. The molecule has 0 saturated heterocycles. The predicted octanol–water partition coefficient (Wildman–Crippen LogP) is 3.37. The molecule has 0 unspecified atom stereocenters. The van der Waals surface area contributed by atoms with Gasteiger partial charge in [-0.05, 0) is 55.1 Å². The lowest BCUT2D eigenvalue weighted by Gasteiger charge is -2.27. The van der Waals surface area contributed by atoms with Gasteiger partial charge in [0.1, 0.15) is 24.0 Å². The van der Waals surface area contributed by atoms with Crippen molar-refractivity contribution in [3.05, 3.63) is 65.2 Å². The third kappa shape index (κ3) is 7.73. The maximum Gasteiger partial charge on any atom is 0.490 e. The summed E-state index contributed by atoms with van der Waals surface area (Å²) in [7, 11) is 3.34. The molecule has 5 N–H and O–H groups in total. The first-order chi connectivity index (χ1) is 20.7. The van der Waals surface area contributed by atoms with Gasteiger partial charge in [-0.25, -0.2) is 14.4 Å². The topological polar surface area (TPSA) is 175 Å². The van der Waals surface area contributed by atoms with Crippen LogP contribution in [0, 0.1) is 0 Å². The van der Waals surface area contributed by atoms with Crippen LogP contribution in [0.4, 0.5) is 18.9 Å². The minimum Gasteiger partial charge on any atom is -0.496 e. The summed E-state index contributed by atoms with van der Waals surface area (Å²) in [5.74, 6) is -4.62. The number of carboxylic acids is 3. The van der Waals surface area contributed by atoms with Gasteiger partial charge in [0, 0.05) is 18.2 Å². The van der Waals surface area contributed by atoms with Crippen LogP contribution in [0.1, 0.15) is 33.2 Å². The molecule has 0 aromatic heterocycles. The van der Waals surface area contributed by atoms with E-state index in [-0.39, 0.29) is 42.0 Å². The highest BCUT2D eigenvalue weighted by Gasteiger charge is 2.38. The van der Waals surface area contributed by atoms with Gasteiger partial charge >= 0.3 is 24.1 Å². The number of carboxylic acid groups (broad SMARTS) is 3. The number of nitrogens with one attached hydrogen (secondary N) is 2. The quantitative estimate of drug-likeness (QED) is 0.237. The minimum atomic E-state index is -5.08. The molecule has 4 rings (SSSR count). The molecule has 1 amide bonds. The van der Waals surface area contributed by atoms with Gasteiger partial charge in [-0.2, -0.15) is 13.2 Å². The molecule has 0 fully saturated rings. The molecule has 0 bridgehead atoms. The number of benzene rings is 3. The molecule has 236 valence electrons. The van der Waals surface area contributed by atoms with Gasteiger partial charge in [0.15, 0.2) is 5.75 Å². The molecule has 0 radical (unpaired) electrons. The first-order valence-corrected chi connectivity index (χ1v) is 13.0.